The van der Waals surface area contributed by atoms with E-state index in [4.69, 9.17) is 4.74 Å². The number of rotatable bonds is 5. The third kappa shape index (κ3) is 3.51. The standard InChI is InChI=1S/C10H12BrNO3/c1-2-3-6-15-8-4-5-9(11)10(7-8)12(13)14/h4-5,7H,2-3,6H2,1H3. The first-order valence-electron chi connectivity index (χ1n) is 4.72. The van der Waals surface area contributed by atoms with E-state index in [9.17, 15) is 10.1 Å². The second-order valence-corrected chi connectivity index (χ2v) is 3.93. The van der Waals surface area contributed by atoms with Crippen LogP contribution in [0.15, 0.2) is 22.7 Å². The van der Waals surface area contributed by atoms with Crippen molar-refractivity contribution in [2.45, 2.75) is 19.8 Å². The first-order chi connectivity index (χ1) is 7.15. The maximum Gasteiger partial charge on any atom is 0.287 e. The first kappa shape index (κ1) is 12.0. The molecular formula is C10H12BrNO3. The molecule has 0 atom stereocenters. The lowest BCUT2D eigenvalue weighted by molar-refractivity contribution is -0.385. The zero-order chi connectivity index (χ0) is 11.3. The Morgan fingerprint density at radius 3 is 2.87 bits per heavy atom. The van der Waals surface area contributed by atoms with Crippen molar-refractivity contribution < 1.29 is 9.66 Å². The van der Waals surface area contributed by atoms with Gasteiger partial charge in [-0.1, -0.05) is 13.3 Å². The molecule has 0 aromatic heterocycles. The monoisotopic (exact) mass is 273 g/mol. The highest BCUT2D eigenvalue weighted by Crippen LogP contribution is 2.28. The third-order valence-electron chi connectivity index (χ3n) is 1.88. The van der Waals surface area contributed by atoms with E-state index < -0.39 is 4.92 Å². The molecule has 0 fully saturated rings. The van der Waals surface area contributed by atoms with Crippen LogP contribution in [0.4, 0.5) is 5.69 Å². The van der Waals surface area contributed by atoms with Gasteiger partial charge < -0.3 is 4.74 Å². The molecule has 0 aliphatic heterocycles. The minimum absolute atomic E-state index is 0.0315. The molecule has 1 aromatic rings. The van der Waals surface area contributed by atoms with Crippen LogP contribution in [-0.4, -0.2) is 11.5 Å². The van der Waals surface area contributed by atoms with E-state index in [0.29, 0.717) is 16.8 Å². The van der Waals surface area contributed by atoms with Crippen LogP contribution in [0, 0.1) is 10.1 Å². The minimum Gasteiger partial charge on any atom is -0.493 e. The highest BCUT2D eigenvalue weighted by atomic mass is 79.9. The Kier molecular flexibility index (Phi) is 4.55. The number of hydrogen-bond donors (Lipinski definition) is 0. The van der Waals surface area contributed by atoms with Crippen LogP contribution >= 0.6 is 15.9 Å². The third-order valence-corrected chi connectivity index (χ3v) is 2.55. The Morgan fingerprint density at radius 1 is 1.53 bits per heavy atom. The van der Waals surface area contributed by atoms with Gasteiger partial charge in [0.05, 0.1) is 22.1 Å². The summed E-state index contributed by atoms with van der Waals surface area (Å²) in [6.07, 6.45) is 1.99. The van der Waals surface area contributed by atoms with Crippen LogP contribution < -0.4 is 4.74 Å². The van der Waals surface area contributed by atoms with Gasteiger partial charge >= 0.3 is 0 Å². The van der Waals surface area contributed by atoms with Gasteiger partial charge in [0.15, 0.2) is 0 Å². The molecule has 0 heterocycles. The Hall–Kier alpha value is -1.10. The summed E-state index contributed by atoms with van der Waals surface area (Å²) in [5.41, 5.74) is 0.0315. The molecule has 0 saturated carbocycles. The fraction of sp³-hybridized carbons (Fsp3) is 0.400. The number of nitro benzene ring substituents is 1. The maximum absolute atomic E-state index is 10.6. The largest absolute Gasteiger partial charge is 0.493 e. The van der Waals surface area contributed by atoms with Gasteiger partial charge in [-0.15, -0.1) is 0 Å². The molecule has 1 aromatic carbocycles. The molecule has 5 heteroatoms. The summed E-state index contributed by atoms with van der Waals surface area (Å²) in [6.45, 7) is 2.66. The number of unbranched alkanes of at least 4 members (excludes halogenated alkanes) is 1. The zero-order valence-electron chi connectivity index (χ0n) is 8.40. The van der Waals surface area contributed by atoms with Gasteiger partial charge in [-0.05, 0) is 34.5 Å². The summed E-state index contributed by atoms with van der Waals surface area (Å²) in [6, 6.07) is 4.77. The average molecular weight is 274 g/mol. The van der Waals surface area contributed by atoms with Crippen LogP contribution in [0.1, 0.15) is 19.8 Å². The summed E-state index contributed by atoms with van der Waals surface area (Å²) in [7, 11) is 0. The van der Waals surface area contributed by atoms with Crippen molar-refractivity contribution in [2.24, 2.45) is 0 Å². The van der Waals surface area contributed by atoms with Crippen molar-refractivity contribution in [3.63, 3.8) is 0 Å². The van der Waals surface area contributed by atoms with Crippen LogP contribution in [0.5, 0.6) is 5.75 Å². The lowest BCUT2D eigenvalue weighted by Gasteiger charge is -2.05. The predicted octanol–water partition coefficient (Wildman–Crippen LogP) is 3.54. The maximum atomic E-state index is 10.6. The predicted molar refractivity (Wildman–Crippen MR) is 61.2 cm³/mol. The lowest BCUT2D eigenvalue weighted by atomic mass is 10.3. The Balaban J connectivity index is 2.74. The molecule has 0 unspecified atom stereocenters. The van der Waals surface area contributed by atoms with Gasteiger partial charge in [-0.25, -0.2) is 0 Å². The van der Waals surface area contributed by atoms with Crippen LogP contribution in [0.3, 0.4) is 0 Å². The van der Waals surface area contributed by atoms with E-state index in [1.54, 1.807) is 12.1 Å². The number of nitrogens with zero attached hydrogens (tertiary/aromatic N) is 1. The average Bonchev–Trinajstić information content (AvgIpc) is 2.20. The van der Waals surface area contributed by atoms with Gasteiger partial charge in [0.2, 0.25) is 0 Å². The van der Waals surface area contributed by atoms with Crippen LogP contribution in [0.2, 0.25) is 0 Å². The first-order valence-corrected chi connectivity index (χ1v) is 5.51. The smallest absolute Gasteiger partial charge is 0.287 e. The fourth-order valence-corrected chi connectivity index (χ4v) is 1.45. The second kappa shape index (κ2) is 5.70. The molecule has 0 amide bonds. The van der Waals surface area contributed by atoms with Crippen LogP contribution in [0.25, 0.3) is 0 Å². The van der Waals surface area contributed by atoms with Gasteiger partial charge in [0, 0.05) is 0 Å². The molecule has 0 N–H and O–H groups in total. The van der Waals surface area contributed by atoms with E-state index in [-0.39, 0.29) is 5.69 Å². The highest BCUT2D eigenvalue weighted by molar-refractivity contribution is 9.10. The van der Waals surface area contributed by atoms with Crippen LogP contribution in [-0.2, 0) is 0 Å². The molecule has 0 aliphatic carbocycles. The number of halogens is 1. The Bertz CT molecular complexity index is 355. The summed E-state index contributed by atoms with van der Waals surface area (Å²) in [5.74, 6) is 0.540. The minimum atomic E-state index is -0.434. The molecule has 15 heavy (non-hydrogen) atoms. The van der Waals surface area contributed by atoms with E-state index in [0.717, 1.165) is 12.8 Å². The molecule has 0 bridgehead atoms. The van der Waals surface area contributed by atoms with E-state index >= 15 is 0 Å². The molecule has 1 rings (SSSR count). The van der Waals surface area contributed by atoms with Crippen molar-refractivity contribution >= 4 is 21.6 Å². The number of nitro groups is 1. The number of hydrogen-bond acceptors (Lipinski definition) is 3. The number of benzene rings is 1. The molecule has 0 saturated heterocycles. The van der Waals surface area contributed by atoms with E-state index in [1.807, 2.05) is 0 Å². The Morgan fingerprint density at radius 2 is 2.27 bits per heavy atom. The molecular weight excluding hydrogens is 262 g/mol. The quantitative estimate of drug-likeness (QED) is 0.469. The SMILES string of the molecule is CCCCOc1ccc(Br)c([N+](=O)[O-])c1. The second-order valence-electron chi connectivity index (χ2n) is 3.07. The van der Waals surface area contributed by atoms with Crippen molar-refractivity contribution in [3.8, 4) is 5.75 Å². The fourth-order valence-electron chi connectivity index (χ4n) is 1.06. The van der Waals surface area contributed by atoms with Crippen molar-refractivity contribution in [1.29, 1.82) is 0 Å². The molecule has 0 spiro atoms. The summed E-state index contributed by atoms with van der Waals surface area (Å²) < 4.78 is 5.83. The summed E-state index contributed by atoms with van der Waals surface area (Å²) in [4.78, 5) is 10.2. The lowest BCUT2D eigenvalue weighted by Crippen LogP contribution is -1.97. The topological polar surface area (TPSA) is 52.4 Å². The molecule has 82 valence electrons. The van der Waals surface area contributed by atoms with Crippen molar-refractivity contribution in [2.75, 3.05) is 6.61 Å². The van der Waals surface area contributed by atoms with Crippen molar-refractivity contribution in [3.05, 3.63) is 32.8 Å². The molecule has 0 aliphatic rings. The number of ether oxygens (including phenoxy) is 1. The summed E-state index contributed by atoms with van der Waals surface area (Å²) >= 11 is 3.12. The van der Waals surface area contributed by atoms with Crippen molar-refractivity contribution in [1.82, 2.24) is 0 Å². The Labute approximate surface area is 96.5 Å². The van der Waals surface area contributed by atoms with Gasteiger partial charge in [0.1, 0.15) is 5.75 Å². The molecule has 4 nitrogen and oxygen atoms in total. The summed E-state index contributed by atoms with van der Waals surface area (Å²) in [5, 5.41) is 10.6. The molecule has 0 radical (unpaired) electrons. The van der Waals surface area contributed by atoms with Gasteiger partial charge in [0.25, 0.3) is 5.69 Å². The zero-order valence-corrected chi connectivity index (χ0v) is 9.99. The van der Waals surface area contributed by atoms with Gasteiger partial charge in [-0.2, -0.15) is 0 Å². The van der Waals surface area contributed by atoms with E-state index in [1.165, 1.54) is 6.07 Å². The highest BCUT2D eigenvalue weighted by Gasteiger charge is 2.12. The normalized spacial score (nSPS) is 10.0. The van der Waals surface area contributed by atoms with Gasteiger partial charge in [-0.3, -0.25) is 10.1 Å². The van der Waals surface area contributed by atoms with E-state index in [2.05, 4.69) is 22.9 Å².